The van der Waals surface area contributed by atoms with Crippen LogP contribution in [0.3, 0.4) is 0 Å². The van der Waals surface area contributed by atoms with Gasteiger partial charge in [0.25, 0.3) is 0 Å². The molecule has 0 saturated carbocycles. The second kappa shape index (κ2) is 12.2. The lowest BCUT2D eigenvalue weighted by Crippen LogP contribution is -2.35. The van der Waals surface area contributed by atoms with Crippen molar-refractivity contribution in [2.75, 3.05) is 20.3 Å². The maximum atomic E-state index is 11.7. The molecule has 3 N–H and O–H groups in total. The number of hydrogen-bond acceptors (Lipinski definition) is 9. The number of hydrogen-bond donors (Lipinski definition) is 2. The van der Waals surface area contributed by atoms with Gasteiger partial charge in [-0.15, -0.1) is 0 Å². The van der Waals surface area contributed by atoms with E-state index in [9.17, 15) is 13.6 Å². The summed E-state index contributed by atoms with van der Waals surface area (Å²) in [5.74, 6) is 1.37. The minimum Gasteiger partial charge on any atom is -0.484 e. The molecule has 5 rings (SSSR count). The molecule has 3 aromatic carbocycles. The molecule has 4 aromatic rings. The van der Waals surface area contributed by atoms with Gasteiger partial charge in [0, 0.05) is 44.3 Å². The Morgan fingerprint density at radius 1 is 1.05 bits per heavy atom. The van der Waals surface area contributed by atoms with Crippen molar-refractivity contribution in [1.29, 1.82) is 0 Å². The van der Waals surface area contributed by atoms with Crippen LogP contribution in [0.15, 0.2) is 93.3 Å². The molecule has 1 saturated heterocycles. The van der Waals surface area contributed by atoms with Gasteiger partial charge in [-0.05, 0) is 42.0 Å². The number of nitrogens with zero attached hydrogens (tertiary/aromatic N) is 2. The van der Waals surface area contributed by atoms with Crippen molar-refractivity contribution in [3.63, 3.8) is 0 Å². The van der Waals surface area contributed by atoms with Crippen LogP contribution in [0.5, 0.6) is 5.75 Å². The summed E-state index contributed by atoms with van der Waals surface area (Å²) in [4.78, 5) is 4.73. The van der Waals surface area contributed by atoms with E-state index in [1.807, 2.05) is 54.6 Å². The molecule has 1 atom stereocenters. The van der Waals surface area contributed by atoms with E-state index in [0.29, 0.717) is 41.9 Å². The first-order valence-corrected chi connectivity index (χ1v) is 14.6. The van der Waals surface area contributed by atoms with Crippen LogP contribution in [0, 0.1) is 0 Å². The van der Waals surface area contributed by atoms with Crippen molar-refractivity contribution in [3.05, 3.63) is 90.3 Å². The highest BCUT2D eigenvalue weighted by Crippen LogP contribution is 2.37. The zero-order valence-corrected chi connectivity index (χ0v) is 23.3. The lowest BCUT2D eigenvalue weighted by molar-refractivity contribution is -0.0948. The second-order valence-electron chi connectivity index (χ2n) is 9.68. The van der Waals surface area contributed by atoms with Crippen molar-refractivity contribution < 1.29 is 32.3 Å². The number of benzene rings is 3. The molecule has 0 aliphatic carbocycles. The summed E-state index contributed by atoms with van der Waals surface area (Å²) in [5, 5.41) is 17.9. The van der Waals surface area contributed by atoms with Crippen molar-refractivity contribution in [2.24, 2.45) is 10.3 Å². The predicted molar refractivity (Wildman–Crippen MR) is 152 cm³/mol. The summed E-state index contributed by atoms with van der Waals surface area (Å²) < 4.78 is 47.3. The normalized spacial score (nSPS) is 16.0. The Balaban J connectivity index is 1.44. The minimum atomic E-state index is -3.84. The lowest BCUT2D eigenvalue weighted by Gasteiger charge is -2.36. The molecule has 10 nitrogen and oxygen atoms in total. The number of rotatable bonds is 10. The van der Waals surface area contributed by atoms with Crippen LogP contribution >= 0.6 is 0 Å². The Morgan fingerprint density at radius 2 is 1.78 bits per heavy atom. The van der Waals surface area contributed by atoms with E-state index in [1.165, 1.54) is 18.3 Å². The lowest BCUT2D eigenvalue weighted by atomic mass is 9.86. The van der Waals surface area contributed by atoms with Gasteiger partial charge in [0.1, 0.15) is 17.5 Å². The molecule has 1 fully saturated rings. The number of ether oxygens (including phenoxy) is 3. The maximum absolute atomic E-state index is 11.7. The maximum Gasteiger partial charge on any atom is 0.238 e. The molecule has 0 bridgehead atoms. The molecule has 214 valence electrons. The molecular weight excluding hydrogens is 546 g/mol. The molecule has 0 radical (unpaired) electrons. The molecule has 0 amide bonds. The standard InChI is InChI=1S/C30H31N3O7S/c1-37-30(14-16-38-17-15-30)23-8-5-9-24(18-23)39-25(20-32-34)19-27-33-28(21-6-3-2-4-7-21)29(40-27)22-10-12-26(13-11-22)41(31,35)36/h2-13,18,20,25,34H,14-17,19H2,1H3,(H2,31,35,36)/b32-20+. The summed E-state index contributed by atoms with van der Waals surface area (Å²) in [6.07, 6.45) is 2.19. The van der Waals surface area contributed by atoms with Gasteiger partial charge in [0.15, 0.2) is 11.7 Å². The summed E-state index contributed by atoms with van der Waals surface area (Å²) in [7, 11) is -2.14. The molecule has 11 heteroatoms. The SMILES string of the molecule is COC1(c2cccc(OC(/C=N/O)Cc3nc(-c4ccccc4)c(-c4ccc(S(N)(=O)=O)cc4)o3)c2)CCOCC1. The summed E-state index contributed by atoms with van der Waals surface area (Å²) in [6, 6.07) is 23.2. The zero-order valence-electron chi connectivity index (χ0n) is 22.5. The number of sulfonamides is 1. The van der Waals surface area contributed by atoms with E-state index in [1.54, 1.807) is 19.2 Å². The van der Waals surface area contributed by atoms with Crippen LogP contribution in [0.4, 0.5) is 0 Å². The fraction of sp³-hybridized carbons (Fsp3) is 0.267. The monoisotopic (exact) mass is 577 g/mol. The van der Waals surface area contributed by atoms with Crippen molar-refractivity contribution >= 4 is 16.2 Å². The van der Waals surface area contributed by atoms with E-state index in [4.69, 9.17) is 28.8 Å². The summed E-state index contributed by atoms with van der Waals surface area (Å²) in [5.41, 5.74) is 2.53. The first kappa shape index (κ1) is 28.5. The van der Waals surface area contributed by atoms with Gasteiger partial charge in [0.2, 0.25) is 10.0 Å². The molecule has 1 aromatic heterocycles. The van der Waals surface area contributed by atoms with Gasteiger partial charge >= 0.3 is 0 Å². The Kier molecular flexibility index (Phi) is 8.50. The minimum absolute atomic E-state index is 0.00638. The summed E-state index contributed by atoms with van der Waals surface area (Å²) >= 11 is 0. The number of methoxy groups -OCH3 is 1. The van der Waals surface area contributed by atoms with E-state index in [2.05, 4.69) is 5.16 Å². The molecule has 1 unspecified atom stereocenters. The summed E-state index contributed by atoms with van der Waals surface area (Å²) in [6.45, 7) is 1.22. The number of aromatic nitrogens is 1. The van der Waals surface area contributed by atoms with Gasteiger partial charge in [-0.1, -0.05) is 47.6 Å². The largest absolute Gasteiger partial charge is 0.484 e. The fourth-order valence-corrected chi connectivity index (χ4v) is 5.46. The van der Waals surface area contributed by atoms with Crippen LogP contribution in [-0.4, -0.2) is 51.3 Å². The van der Waals surface area contributed by atoms with E-state index in [-0.39, 0.29) is 11.3 Å². The van der Waals surface area contributed by atoms with Crippen molar-refractivity contribution in [2.45, 2.75) is 35.9 Å². The third-order valence-electron chi connectivity index (χ3n) is 7.11. The Hall–Kier alpha value is -4.03. The number of oxime groups is 1. The van der Waals surface area contributed by atoms with Crippen LogP contribution < -0.4 is 9.88 Å². The number of primary sulfonamides is 1. The topological polar surface area (TPSA) is 146 Å². The molecule has 1 aliphatic heterocycles. The van der Waals surface area contributed by atoms with E-state index in [0.717, 1.165) is 24.0 Å². The van der Waals surface area contributed by atoms with Crippen LogP contribution in [0.1, 0.15) is 24.3 Å². The van der Waals surface area contributed by atoms with Gasteiger partial charge in [-0.25, -0.2) is 18.5 Å². The van der Waals surface area contributed by atoms with Crippen LogP contribution in [0.25, 0.3) is 22.6 Å². The second-order valence-corrected chi connectivity index (χ2v) is 11.2. The first-order valence-electron chi connectivity index (χ1n) is 13.1. The zero-order chi connectivity index (χ0) is 28.9. The first-order chi connectivity index (χ1) is 19.8. The smallest absolute Gasteiger partial charge is 0.238 e. The van der Waals surface area contributed by atoms with Crippen molar-refractivity contribution in [1.82, 2.24) is 4.98 Å². The molecule has 0 spiro atoms. The van der Waals surface area contributed by atoms with Crippen LogP contribution in [-0.2, 0) is 31.5 Å². The quantitative estimate of drug-likeness (QED) is 0.156. The van der Waals surface area contributed by atoms with Gasteiger partial charge < -0.3 is 23.8 Å². The number of nitrogens with two attached hydrogens (primary N) is 1. The van der Waals surface area contributed by atoms with Gasteiger partial charge in [0.05, 0.1) is 23.1 Å². The van der Waals surface area contributed by atoms with Gasteiger partial charge in [-0.3, -0.25) is 0 Å². The molecule has 41 heavy (non-hydrogen) atoms. The average molecular weight is 578 g/mol. The highest BCUT2D eigenvalue weighted by Gasteiger charge is 2.34. The third-order valence-corrected chi connectivity index (χ3v) is 8.04. The highest BCUT2D eigenvalue weighted by molar-refractivity contribution is 7.89. The third kappa shape index (κ3) is 6.49. The number of oxazole rings is 1. The Labute approximate surface area is 238 Å². The predicted octanol–water partition coefficient (Wildman–Crippen LogP) is 4.76. The average Bonchev–Trinajstić information content (AvgIpc) is 3.41. The van der Waals surface area contributed by atoms with E-state index >= 15 is 0 Å². The molecule has 2 heterocycles. The van der Waals surface area contributed by atoms with E-state index < -0.39 is 21.7 Å². The fourth-order valence-electron chi connectivity index (χ4n) is 4.95. The molecule has 1 aliphatic rings. The highest BCUT2D eigenvalue weighted by atomic mass is 32.2. The van der Waals surface area contributed by atoms with Crippen LogP contribution in [0.2, 0.25) is 0 Å². The Bertz CT molecular complexity index is 1600. The Morgan fingerprint density at radius 3 is 2.44 bits per heavy atom. The van der Waals surface area contributed by atoms with Gasteiger partial charge in [-0.2, -0.15) is 0 Å². The molecular formula is C30H31N3O7S. The van der Waals surface area contributed by atoms with Crippen molar-refractivity contribution in [3.8, 4) is 28.3 Å².